The number of phenols is 2. The first-order chi connectivity index (χ1) is 28.1. The van der Waals surface area contributed by atoms with Crippen LogP contribution in [0.4, 0.5) is 0 Å². The second kappa shape index (κ2) is 14.9. The van der Waals surface area contributed by atoms with Gasteiger partial charge in [0, 0.05) is 11.1 Å². The van der Waals surface area contributed by atoms with Crippen LogP contribution in [-0.4, -0.2) is 23.4 Å². The molecule has 8 aromatic carbocycles. The largest absolute Gasteiger partial charge is 0.507 e. The van der Waals surface area contributed by atoms with Crippen molar-refractivity contribution < 1.29 is 19.7 Å². The Labute approximate surface area is 333 Å². The fourth-order valence-electron chi connectivity index (χ4n) is 8.98. The zero-order valence-electron chi connectivity index (χ0n) is 31.9. The van der Waals surface area contributed by atoms with E-state index in [0.717, 1.165) is 66.8 Å². The van der Waals surface area contributed by atoms with Crippen molar-refractivity contribution in [3.63, 3.8) is 0 Å². The Morgan fingerprint density at radius 2 is 0.702 bits per heavy atom. The predicted molar refractivity (Wildman–Crippen MR) is 231 cm³/mol. The van der Waals surface area contributed by atoms with E-state index in [9.17, 15) is 10.2 Å². The molecule has 9 rings (SSSR count). The maximum Gasteiger partial charge on any atom is 0.135 e. The number of rotatable bonds is 10. The topological polar surface area (TPSA) is 58.9 Å². The van der Waals surface area contributed by atoms with E-state index >= 15 is 0 Å². The van der Waals surface area contributed by atoms with Crippen LogP contribution >= 0.6 is 0 Å². The van der Waals surface area contributed by atoms with Crippen molar-refractivity contribution in [2.24, 2.45) is 0 Å². The van der Waals surface area contributed by atoms with Crippen molar-refractivity contribution in [3.05, 3.63) is 204 Å². The van der Waals surface area contributed by atoms with Gasteiger partial charge in [-0.2, -0.15) is 0 Å². The number of benzene rings is 8. The van der Waals surface area contributed by atoms with E-state index in [1.165, 1.54) is 0 Å². The summed E-state index contributed by atoms with van der Waals surface area (Å²) in [6.45, 7) is 4.68. The Kier molecular flexibility index (Phi) is 9.31. The number of hydrogen-bond donors (Lipinski definition) is 2. The van der Waals surface area contributed by atoms with Crippen molar-refractivity contribution >= 4 is 0 Å². The molecule has 0 unspecified atom stereocenters. The van der Waals surface area contributed by atoms with Gasteiger partial charge in [-0.3, -0.25) is 0 Å². The molecule has 0 heterocycles. The van der Waals surface area contributed by atoms with Gasteiger partial charge >= 0.3 is 0 Å². The van der Waals surface area contributed by atoms with Gasteiger partial charge in [-0.05, 0) is 81.6 Å². The Bertz CT molecular complexity index is 2520. The third kappa shape index (κ3) is 5.76. The van der Waals surface area contributed by atoms with Gasteiger partial charge in [0.15, 0.2) is 0 Å². The van der Waals surface area contributed by atoms with E-state index in [2.05, 4.69) is 84.9 Å². The first-order valence-corrected chi connectivity index (χ1v) is 19.5. The average Bonchev–Trinajstić information content (AvgIpc) is 3.56. The molecule has 0 radical (unpaired) electrons. The SMILES string of the molecule is CCOc1c(C2(c3ccc(O)c(-c4ccccc4)c3OCC)c3c(-c4ccccc4)cccc3-c3cccc(-c4ccccc4)c32)ccc(O)c1-c1ccccc1. The number of fused-ring (bicyclic) bond motifs is 3. The molecule has 1 aliphatic carbocycles. The molecule has 57 heavy (non-hydrogen) atoms. The highest BCUT2D eigenvalue weighted by atomic mass is 16.5. The molecule has 0 saturated carbocycles. The third-order valence-electron chi connectivity index (χ3n) is 11.1. The van der Waals surface area contributed by atoms with Gasteiger partial charge in [0.1, 0.15) is 23.0 Å². The second-order valence-electron chi connectivity index (χ2n) is 14.2. The van der Waals surface area contributed by atoms with E-state index in [4.69, 9.17) is 9.47 Å². The quantitative estimate of drug-likeness (QED) is 0.146. The van der Waals surface area contributed by atoms with Crippen LogP contribution in [-0.2, 0) is 5.41 Å². The highest BCUT2D eigenvalue weighted by Crippen LogP contribution is 2.65. The summed E-state index contributed by atoms with van der Waals surface area (Å²) in [5.74, 6) is 1.39. The first-order valence-electron chi connectivity index (χ1n) is 19.5. The fourth-order valence-corrected chi connectivity index (χ4v) is 8.98. The molecule has 4 nitrogen and oxygen atoms in total. The summed E-state index contributed by atoms with van der Waals surface area (Å²) >= 11 is 0. The van der Waals surface area contributed by atoms with Gasteiger partial charge in [0.25, 0.3) is 0 Å². The molecule has 0 saturated heterocycles. The molecule has 2 N–H and O–H groups in total. The molecule has 0 bridgehead atoms. The zero-order chi connectivity index (χ0) is 38.9. The third-order valence-corrected chi connectivity index (χ3v) is 11.1. The Balaban J connectivity index is 1.57. The maximum atomic E-state index is 11.9. The normalized spacial score (nSPS) is 12.5. The van der Waals surface area contributed by atoms with Gasteiger partial charge in [-0.15, -0.1) is 0 Å². The van der Waals surface area contributed by atoms with Crippen molar-refractivity contribution in [2.75, 3.05) is 13.2 Å². The number of aromatic hydroxyl groups is 2. The van der Waals surface area contributed by atoms with Crippen LogP contribution in [0.3, 0.4) is 0 Å². The zero-order valence-corrected chi connectivity index (χ0v) is 31.9. The molecule has 0 aliphatic heterocycles. The fraction of sp³-hybridized carbons (Fsp3) is 0.0943. The van der Waals surface area contributed by atoms with Crippen LogP contribution in [0.2, 0.25) is 0 Å². The molecule has 0 aromatic heterocycles. The summed E-state index contributed by atoms with van der Waals surface area (Å²) < 4.78 is 13.7. The monoisotopic (exact) mass is 742 g/mol. The summed E-state index contributed by atoms with van der Waals surface area (Å²) in [5.41, 5.74) is 12.0. The number of hydrogen-bond acceptors (Lipinski definition) is 4. The Morgan fingerprint density at radius 3 is 1.05 bits per heavy atom. The second-order valence-corrected chi connectivity index (χ2v) is 14.2. The standard InChI is InChI=1S/C53H42O4/c1-3-56-51-43(31-33-45(54)47(51)37-23-13-7-14-24-37)53(44-32-34-46(55)48(52(44)57-4-2)38-25-15-8-16-26-38)49-39(35-19-9-5-10-20-35)27-17-29-41(49)42-30-18-28-40(50(42)53)36-21-11-6-12-22-36/h5-34,54-55H,3-4H2,1-2H3. The molecule has 8 aromatic rings. The molecular weight excluding hydrogens is 701 g/mol. The minimum Gasteiger partial charge on any atom is -0.507 e. The van der Waals surface area contributed by atoms with E-state index < -0.39 is 5.41 Å². The van der Waals surface area contributed by atoms with Gasteiger partial charge < -0.3 is 19.7 Å². The summed E-state index contributed by atoms with van der Waals surface area (Å²) in [6.07, 6.45) is 0. The molecule has 1 aliphatic rings. The van der Waals surface area contributed by atoms with Crippen LogP contribution < -0.4 is 9.47 Å². The summed E-state index contributed by atoms with van der Waals surface area (Å²) in [4.78, 5) is 0. The van der Waals surface area contributed by atoms with Crippen molar-refractivity contribution in [1.29, 1.82) is 0 Å². The highest BCUT2D eigenvalue weighted by molar-refractivity contribution is 5.99. The number of ether oxygens (including phenoxy) is 2. The highest BCUT2D eigenvalue weighted by Gasteiger charge is 2.53. The predicted octanol–water partition coefficient (Wildman–Crippen LogP) is 12.9. The van der Waals surface area contributed by atoms with Gasteiger partial charge in [-0.1, -0.05) is 170 Å². The molecule has 0 fully saturated rings. The minimum atomic E-state index is -1.13. The summed E-state index contributed by atoms with van der Waals surface area (Å²) in [6, 6.07) is 61.7. The van der Waals surface area contributed by atoms with Crippen LogP contribution in [0.5, 0.6) is 23.0 Å². The molecule has 0 amide bonds. The molecule has 278 valence electrons. The Hall–Kier alpha value is -7.04. The first kappa shape index (κ1) is 35.6. The summed E-state index contributed by atoms with van der Waals surface area (Å²) in [5, 5.41) is 23.8. The maximum absolute atomic E-state index is 11.9. The lowest BCUT2D eigenvalue weighted by Gasteiger charge is -2.39. The average molecular weight is 743 g/mol. The van der Waals surface area contributed by atoms with Gasteiger partial charge in [-0.25, -0.2) is 0 Å². The van der Waals surface area contributed by atoms with Crippen molar-refractivity contribution in [2.45, 2.75) is 19.3 Å². The van der Waals surface area contributed by atoms with E-state index in [1.54, 1.807) is 12.1 Å². The molecular formula is C53H42O4. The molecule has 0 atom stereocenters. The van der Waals surface area contributed by atoms with E-state index in [0.29, 0.717) is 35.8 Å². The van der Waals surface area contributed by atoms with Crippen molar-refractivity contribution in [3.8, 4) is 78.6 Å². The lowest BCUT2D eigenvalue weighted by molar-refractivity contribution is 0.326. The van der Waals surface area contributed by atoms with E-state index in [1.807, 2.05) is 98.8 Å². The van der Waals surface area contributed by atoms with Crippen LogP contribution in [0, 0.1) is 0 Å². The van der Waals surface area contributed by atoms with Gasteiger partial charge in [0.2, 0.25) is 0 Å². The lowest BCUT2D eigenvalue weighted by Crippen LogP contribution is -2.32. The van der Waals surface area contributed by atoms with E-state index in [-0.39, 0.29) is 11.5 Å². The van der Waals surface area contributed by atoms with Crippen molar-refractivity contribution in [1.82, 2.24) is 0 Å². The lowest BCUT2D eigenvalue weighted by atomic mass is 9.63. The number of phenolic OH excluding ortho intramolecular Hbond substituents is 2. The molecule has 0 spiro atoms. The van der Waals surface area contributed by atoms with Gasteiger partial charge in [0.05, 0.1) is 29.8 Å². The minimum absolute atomic E-state index is 0.121. The Morgan fingerprint density at radius 1 is 0.368 bits per heavy atom. The van der Waals surface area contributed by atoms with Crippen LogP contribution in [0.1, 0.15) is 36.1 Å². The summed E-state index contributed by atoms with van der Waals surface area (Å²) in [7, 11) is 0. The van der Waals surface area contributed by atoms with Crippen LogP contribution in [0.15, 0.2) is 182 Å². The van der Waals surface area contributed by atoms with Crippen LogP contribution in [0.25, 0.3) is 55.6 Å². The molecule has 4 heteroatoms. The smallest absolute Gasteiger partial charge is 0.135 e.